The van der Waals surface area contributed by atoms with Crippen LogP contribution in [0.4, 0.5) is 5.69 Å². The molecule has 1 aromatic carbocycles. The van der Waals surface area contributed by atoms with Crippen molar-refractivity contribution in [2.24, 2.45) is 0 Å². The Hall–Kier alpha value is -2.96. The summed E-state index contributed by atoms with van der Waals surface area (Å²) in [7, 11) is 0. The minimum atomic E-state index is -1.39. The van der Waals surface area contributed by atoms with E-state index in [1.54, 1.807) is 19.1 Å². The molecular formula is C14H12N2O5. The molecule has 0 aliphatic heterocycles. The van der Waals surface area contributed by atoms with E-state index < -0.39 is 22.1 Å². The first-order chi connectivity index (χ1) is 9.91. The number of nitrogens with zero attached hydrogens (tertiary/aromatic N) is 2. The number of hydrogen-bond acceptors (Lipinski definition) is 4. The van der Waals surface area contributed by atoms with Gasteiger partial charge in [0, 0.05) is 17.8 Å². The summed E-state index contributed by atoms with van der Waals surface area (Å²) in [6.07, 6.45) is 0. The number of nitro groups is 1. The molecule has 2 aromatic rings. The summed E-state index contributed by atoms with van der Waals surface area (Å²) in [4.78, 5) is 33.3. The molecule has 0 spiro atoms. The third kappa shape index (κ3) is 2.81. The van der Waals surface area contributed by atoms with Crippen LogP contribution >= 0.6 is 0 Å². The van der Waals surface area contributed by atoms with E-state index in [4.69, 9.17) is 0 Å². The van der Waals surface area contributed by atoms with E-state index in [-0.39, 0.29) is 17.7 Å². The van der Waals surface area contributed by atoms with Crippen molar-refractivity contribution >= 4 is 11.7 Å². The second kappa shape index (κ2) is 5.58. The number of carboxylic acid groups (broad SMARTS) is 1. The summed E-state index contributed by atoms with van der Waals surface area (Å²) in [6, 6.07) is 8.66. The van der Waals surface area contributed by atoms with E-state index in [1.165, 1.54) is 22.8 Å². The molecule has 7 nitrogen and oxygen atoms in total. The Morgan fingerprint density at radius 2 is 1.95 bits per heavy atom. The normalized spacial score (nSPS) is 10.3. The predicted molar refractivity (Wildman–Crippen MR) is 74.6 cm³/mol. The fourth-order valence-electron chi connectivity index (χ4n) is 2.11. The number of pyridine rings is 1. The van der Waals surface area contributed by atoms with Crippen LogP contribution in [-0.2, 0) is 6.54 Å². The molecule has 0 aliphatic rings. The van der Waals surface area contributed by atoms with Crippen LogP contribution < -0.4 is 5.56 Å². The monoisotopic (exact) mass is 288 g/mol. The molecule has 21 heavy (non-hydrogen) atoms. The van der Waals surface area contributed by atoms with Gasteiger partial charge in [0.05, 0.1) is 11.5 Å². The lowest BCUT2D eigenvalue weighted by Crippen LogP contribution is -2.22. The molecule has 0 saturated heterocycles. The van der Waals surface area contributed by atoms with Crippen molar-refractivity contribution in [2.45, 2.75) is 13.5 Å². The highest BCUT2D eigenvalue weighted by Gasteiger charge is 2.23. The first-order valence-electron chi connectivity index (χ1n) is 6.08. The number of rotatable bonds is 4. The molecule has 0 saturated carbocycles. The van der Waals surface area contributed by atoms with Gasteiger partial charge in [-0.3, -0.25) is 14.9 Å². The van der Waals surface area contributed by atoms with Crippen molar-refractivity contribution < 1.29 is 14.8 Å². The minimum absolute atomic E-state index is 0.0329. The first-order valence-corrected chi connectivity index (χ1v) is 6.08. The Bertz CT molecular complexity index is 779. The maximum atomic E-state index is 11.8. The van der Waals surface area contributed by atoms with Crippen LogP contribution in [0.1, 0.15) is 21.6 Å². The Kier molecular flexibility index (Phi) is 3.84. The van der Waals surface area contributed by atoms with E-state index in [0.717, 1.165) is 6.07 Å². The van der Waals surface area contributed by atoms with Gasteiger partial charge in [-0.2, -0.15) is 0 Å². The molecule has 1 aromatic heterocycles. The number of benzene rings is 1. The summed E-state index contributed by atoms with van der Waals surface area (Å²) < 4.78 is 1.37. The molecule has 0 radical (unpaired) electrons. The summed E-state index contributed by atoms with van der Waals surface area (Å²) in [5, 5.41) is 20.2. The van der Waals surface area contributed by atoms with Gasteiger partial charge in [-0.15, -0.1) is 0 Å². The number of carbonyl (C=O) groups is 1. The highest BCUT2D eigenvalue weighted by molar-refractivity contribution is 5.94. The van der Waals surface area contributed by atoms with Gasteiger partial charge < -0.3 is 9.67 Å². The molecule has 0 fully saturated rings. The third-order valence-electron chi connectivity index (χ3n) is 3.14. The van der Waals surface area contributed by atoms with Gasteiger partial charge in [0.2, 0.25) is 0 Å². The molecule has 0 unspecified atom stereocenters. The van der Waals surface area contributed by atoms with E-state index in [2.05, 4.69) is 0 Å². The van der Waals surface area contributed by atoms with Crippen LogP contribution in [0.25, 0.3) is 0 Å². The molecule has 108 valence electrons. The van der Waals surface area contributed by atoms with Crippen molar-refractivity contribution in [3.8, 4) is 0 Å². The Morgan fingerprint density at radius 3 is 2.52 bits per heavy atom. The van der Waals surface area contributed by atoms with Crippen molar-refractivity contribution in [1.29, 1.82) is 0 Å². The number of carboxylic acids is 1. The van der Waals surface area contributed by atoms with Crippen molar-refractivity contribution in [3.63, 3.8) is 0 Å². The fourth-order valence-corrected chi connectivity index (χ4v) is 2.11. The Labute approximate surface area is 119 Å². The highest BCUT2D eigenvalue weighted by atomic mass is 16.6. The summed E-state index contributed by atoms with van der Waals surface area (Å²) in [5.41, 5.74) is -0.310. The molecule has 1 N–H and O–H groups in total. The molecule has 0 bridgehead atoms. The van der Waals surface area contributed by atoms with Gasteiger partial charge in [-0.1, -0.05) is 18.2 Å². The standard InChI is InChI=1S/C14H12N2O5/c1-9-4-2-7-12(17)15(9)8-10-5-3-6-11(16(20)21)13(10)14(18)19/h2-7H,8H2,1H3,(H,18,19). The first kappa shape index (κ1) is 14.4. The molecule has 2 rings (SSSR count). The zero-order valence-electron chi connectivity index (χ0n) is 11.1. The quantitative estimate of drug-likeness (QED) is 0.682. The van der Waals surface area contributed by atoms with Crippen LogP contribution in [-0.4, -0.2) is 20.6 Å². The van der Waals surface area contributed by atoms with Crippen LogP contribution in [0, 0.1) is 17.0 Å². The molecule has 7 heteroatoms. The zero-order valence-corrected chi connectivity index (χ0v) is 11.1. The second-order valence-electron chi connectivity index (χ2n) is 4.47. The number of hydrogen-bond donors (Lipinski definition) is 1. The van der Waals surface area contributed by atoms with Gasteiger partial charge in [0.15, 0.2) is 0 Å². The van der Waals surface area contributed by atoms with Gasteiger partial charge in [-0.05, 0) is 18.6 Å². The molecular weight excluding hydrogens is 276 g/mol. The number of nitro benzene ring substituents is 1. The second-order valence-corrected chi connectivity index (χ2v) is 4.47. The third-order valence-corrected chi connectivity index (χ3v) is 3.14. The van der Waals surface area contributed by atoms with Crippen LogP contribution in [0.15, 0.2) is 41.2 Å². The van der Waals surface area contributed by atoms with Gasteiger partial charge in [0.1, 0.15) is 5.56 Å². The summed E-state index contributed by atoms with van der Waals surface area (Å²) in [5.74, 6) is -1.39. The largest absolute Gasteiger partial charge is 0.477 e. The lowest BCUT2D eigenvalue weighted by molar-refractivity contribution is -0.385. The fraction of sp³-hybridized carbons (Fsp3) is 0.143. The molecule has 0 aliphatic carbocycles. The average Bonchev–Trinajstić information content (AvgIpc) is 2.42. The number of aryl methyl sites for hydroxylation is 1. The highest BCUT2D eigenvalue weighted by Crippen LogP contribution is 2.23. The Balaban J connectivity index is 2.60. The number of aromatic nitrogens is 1. The van der Waals surface area contributed by atoms with E-state index in [9.17, 15) is 24.8 Å². The van der Waals surface area contributed by atoms with E-state index in [1.807, 2.05) is 0 Å². The van der Waals surface area contributed by atoms with Crippen LogP contribution in [0.2, 0.25) is 0 Å². The van der Waals surface area contributed by atoms with E-state index in [0.29, 0.717) is 5.69 Å². The predicted octanol–water partition coefficient (Wildman–Crippen LogP) is 1.81. The lowest BCUT2D eigenvalue weighted by atomic mass is 10.1. The van der Waals surface area contributed by atoms with Gasteiger partial charge in [-0.25, -0.2) is 4.79 Å². The SMILES string of the molecule is Cc1cccc(=O)n1Cc1cccc([N+](=O)[O-])c1C(=O)O. The topological polar surface area (TPSA) is 102 Å². The summed E-state index contributed by atoms with van der Waals surface area (Å²) >= 11 is 0. The lowest BCUT2D eigenvalue weighted by Gasteiger charge is -2.11. The zero-order chi connectivity index (χ0) is 15.6. The summed E-state index contributed by atoms with van der Waals surface area (Å²) in [6.45, 7) is 1.67. The minimum Gasteiger partial charge on any atom is -0.477 e. The van der Waals surface area contributed by atoms with Crippen LogP contribution in [0.3, 0.4) is 0 Å². The van der Waals surface area contributed by atoms with Crippen LogP contribution in [0.5, 0.6) is 0 Å². The maximum Gasteiger partial charge on any atom is 0.343 e. The van der Waals surface area contributed by atoms with E-state index >= 15 is 0 Å². The van der Waals surface area contributed by atoms with Gasteiger partial charge >= 0.3 is 5.97 Å². The smallest absolute Gasteiger partial charge is 0.343 e. The van der Waals surface area contributed by atoms with Gasteiger partial charge in [0.25, 0.3) is 11.2 Å². The van der Waals surface area contributed by atoms with Crippen molar-refractivity contribution in [1.82, 2.24) is 4.57 Å². The molecule has 0 atom stereocenters. The average molecular weight is 288 g/mol. The number of aromatic carboxylic acids is 1. The Morgan fingerprint density at radius 1 is 1.29 bits per heavy atom. The van der Waals surface area contributed by atoms with Crippen molar-refractivity contribution in [3.05, 3.63) is 73.7 Å². The molecule has 1 heterocycles. The molecule has 0 amide bonds. The maximum absolute atomic E-state index is 11.8. The van der Waals surface area contributed by atoms with Crippen molar-refractivity contribution in [2.75, 3.05) is 0 Å².